The Morgan fingerprint density at radius 2 is 1.78 bits per heavy atom. The number of hydrogen-bond acceptors (Lipinski definition) is 5. The monoisotopic (exact) mass is 517 g/mol. The number of rotatable bonds is 11. The molecular weight excluding hydrogens is 470 g/mol. The average Bonchev–Trinajstić information content (AvgIpc) is 2.82. The smallest absolute Gasteiger partial charge is 0.408 e. The van der Waals surface area contributed by atoms with Gasteiger partial charge in [-0.3, -0.25) is 9.59 Å². The van der Waals surface area contributed by atoms with Crippen LogP contribution in [0, 0.1) is 6.92 Å². The van der Waals surface area contributed by atoms with E-state index in [-0.39, 0.29) is 17.7 Å². The Morgan fingerprint density at radius 3 is 2.41 bits per heavy atom. The van der Waals surface area contributed by atoms with Gasteiger partial charge in [0, 0.05) is 18.2 Å². The number of para-hydroxylation sites is 1. The van der Waals surface area contributed by atoms with Gasteiger partial charge in [-0.1, -0.05) is 63.6 Å². The van der Waals surface area contributed by atoms with E-state index in [1.54, 1.807) is 52.8 Å². The quantitative estimate of drug-likeness (QED) is 0.335. The second-order valence-corrected chi connectivity index (χ2v) is 11.2. The van der Waals surface area contributed by atoms with Crippen LogP contribution in [0.1, 0.15) is 110 Å². The number of phenolic OH excluding ortho intramolecular Hbond substituents is 1. The van der Waals surface area contributed by atoms with Crippen LogP contribution < -0.4 is 10.6 Å². The van der Waals surface area contributed by atoms with Gasteiger partial charge in [0.05, 0.1) is 0 Å². The molecule has 2 atom stereocenters. The number of amides is 3. The molecular formula is C29H47N3O5. The number of alkyl carbamates (subject to hydrolysis) is 1. The molecule has 0 heterocycles. The van der Waals surface area contributed by atoms with Crippen LogP contribution in [0.3, 0.4) is 0 Å². The summed E-state index contributed by atoms with van der Waals surface area (Å²) in [5.74, 6) is -0.696. The summed E-state index contributed by atoms with van der Waals surface area (Å²) in [7, 11) is 0. The summed E-state index contributed by atoms with van der Waals surface area (Å²) in [6.07, 6.45) is 8.05. The molecule has 8 heteroatoms. The Kier molecular flexibility index (Phi) is 11.7. The largest absolute Gasteiger partial charge is 0.507 e. The number of unbranched alkanes of at least 4 members (excludes halogenated alkanes) is 3. The van der Waals surface area contributed by atoms with Crippen molar-refractivity contribution in [3.63, 3.8) is 0 Å². The molecule has 0 saturated heterocycles. The Balaban J connectivity index is 2.40. The average molecular weight is 518 g/mol. The van der Waals surface area contributed by atoms with Crippen LogP contribution in [0.2, 0.25) is 0 Å². The molecule has 2 rings (SSSR count). The highest BCUT2D eigenvalue weighted by Crippen LogP contribution is 2.33. The van der Waals surface area contributed by atoms with Gasteiger partial charge in [-0.2, -0.15) is 0 Å². The lowest BCUT2D eigenvalue weighted by molar-refractivity contribution is -0.142. The van der Waals surface area contributed by atoms with Crippen molar-refractivity contribution in [3.8, 4) is 5.75 Å². The molecule has 3 N–H and O–H groups in total. The maximum atomic E-state index is 13.8. The fourth-order valence-corrected chi connectivity index (χ4v) is 4.75. The number of aromatic hydroxyl groups is 1. The third kappa shape index (κ3) is 9.56. The van der Waals surface area contributed by atoms with Crippen LogP contribution in [0.5, 0.6) is 5.75 Å². The van der Waals surface area contributed by atoms with Crippen molar-refractivity contribution in [3.05, 3.63) is 29.3 Å². The van der Waals surface area contributed by atoms with Crippen LogP contribution in [0.15, 0.2) is 18.2 Å². The van der Waals surface area contributed by atoms with E-state index in [0.717, 1.165) is 51.4 Å². The number of hydrogen-bond donors (Lipinski definition) is 3. The van der Waals surface area contributed by atoms with Crippen molar-refractivity contribution in [2.24, 2.45) is 0 Å². The van der Waals surface area contributed by atoms with E-state index >= 15 is 0 Å². The first-order valence-electron chi connectivity index (χ1n) is 13.8. The summed E-state index contributed by atoms with van der Waals surface area (Å²) in [5.41, 5.74) is 0.315. The van der Waals surface area contributed by atoms with Gasteiger partial charge in [-0.25, -0.2) is 4.79 Å². The first-order valence-corrected chi connectivity index (χ1v) is 13.8. The normalized spacial score (nSPS) is 15.9. The summed E-state index contributed by atoms with van der Waals surface area (Å²) < 4.78 is 5.34. The fraction of sp³-hybridized carbons (Fsp3) is 0.690. The van der Waals surface area contributed by atoms with E-state index < -0.39 is 29.7 Å². The summed E-state index contributed by atoms with van der Waals surface area (Å²) in [4.78, 5) is 41.5. The minimum Gasteiger partial charge on any atom is -0.507 e. The van der Waals surface area contributed by atoms with E-state index in [0.29, 0.717) is 24.1 Å². The summed E-state index contributed by atoms with van der Waals surface area (Å²) >= 11 is 0. The van der Waals surface area contributed by atoms with Gasteiger partial charge in [0.25, 0.3) is 0 Å². The topological polar surface area (TPSA) is 108 Å². The lowest BCUT2D eigenvalue weighted by Gasteiger charge is -2.35. The van der Waals surface area contributed by atoms with Crippen molar-refractivity contribution in [2.45, 2.75) is 123 Å². The highest BCUT2D eigenvalue weighted by Gasteiger charge is 2.37. The van der Waals surface area contributed by atoms with Gasteiger partial charge in [-0.05, 0) is 59.4 Å². The zero-order valence-electron chi connectivity index (χ0n) is 23.6. The second kappa shape index (κ2) is 14.2. The minimum absolute atomic E-state index is 0.00501. The number of aryl methyl sites for hydroxylation is 1. The molecule has 0 radical (unpaired) electrons. The molecule has 8 nitrogen and oxygen atoms in total. The summed E-state index contributed by atoms with van der Waals surface area (Å²) in [6.45, 7) is 11.1. The zero-order valence-corrected chi connectivity index (χ0v) is 23.6. The van der Waals surface area contributed by atoms with Gasteiger partial charge < -0.3 is 25.4 Å². The maximum absolute atomic E-state index is 13.8. The van der Waals surface area contributed by atoms with Crippen LogP contribution in [0.4, 0.5) is 4.79 Å². The SMILES string of the molecule is CCCCCCN(C(=O)C(C)NC(=O)OC(C)(C)C)C(C(=O)NC1CCCCC1)c1cccc(C)c1O. The number of nitrogens with zero attached hydrogens (tertiary/aromatic N) is 1. The molecule has 3 amide bonds. The highest BCUT2D eigenvalue weighted by atomic mass is 16.6. The molecule has 1 aromatic rings. The number of ether oxygens (including phenoxy) is 1. The minimum atomic E-state index is -1.01. The van der Waals surface area contributed by atoms with Crippen molar-refractivity contribution in [1.82, 2.24) is 15.5 Å². The lowest BCUT2D eigenvalue weighted by Crippen LogP contribution is -2.53. The zero-order chi connectivity index (χ0) is 27.6. The molecule has 1 aromatic carbocycles. The Morgan fingerprint density at radius 1 is 1.11 bits per heavy atom. The van der Waals surface area contributed by atoms with E-state index in [9.17, 15) is 19.5 Å². The van der Waals surface area contributed by atoms with Crippen LogP contribution in [0.25, 0.3) is 0 Å². The van der Waals surface area contributed by atoms with Crippen molar-refractivity contribution in [2.75, 3.05) is 6.54 Å². The molecule has 2 unspecified atom stereocenters. The van der Waals surface area contributed by atoms with E-state index in [4.69, 9.17) is 4.74 Å². The summed E-state index contributed by atoms with van der Waals surface area (Å²) in [5, 5.41) is 16.7. The number of carbonyl (C=O) groups is 3. The van der Waals surface area contributed by atoms with Gasteiger partial charge >= 0.3 is 6.09 Å². The molecule has 0 spiro atoms. The molecule has 208 valence electrons. The van der Waals surface area contributed by atoms with Gasteiger partial charge in [-0.15, -0.1) is 0 Å². The molecule has 1 aliphatic rings. The van der Waals surface area contributed by atoms with E-state index in [2.05, 4.69) is 17.6 Å². The van der Waals surface area contributed by atoms with Crippen LogP contribution in [-0.2, 0) is 14.3 Å². The van der Waals surface area contributed by atoms with Gasteiger partial charge in [0.2, 0.25) is 11.8 Å². The third-order valence-electron chi connectivity index (χ3n) is 6.71. The fourth-order valence-electron chi connectivity index (χ4n) is 4.75. The van der Waals surface area contributed by atoms with Gasteiger partial charge in [0.1, 0.15) is 23.4 Å². The molecule has 0 aromatic heterocycles. The number of carbonyl (C=O) groups excluding carboxylic acids is 3. The predicted molar refractivity (Wildman–Crippen MR) is 145 cm³/mol. The Hall–Kier alpha value is -2.77. The maximum Gasteiger partial charge on any atom is 0.408 e. The summed E-state index contributed by atoms with van der Waals surface area (Å²) in [6, 6.07) is 3.37. The number of nitrogens with one attached hydrogen (secondary N) is 2. The Labute approximate surface area is 222 Å². The van der Waals surface area contributed by atoms with Crippen molar-refractivity contribution < 1.29 is 24.2 Å². The Bertz CT molecular complexity index is 905. The highest BCUT2D eigenvalue weighted by molar-refractivity contribution is 5.92. The molecule has 1 saturated carbocycles. The first-order chi connectivity index (χ1) is 17.4. The second-order valence-electron chi connectivity index (χ2n) is 11.2. The van der Waals surface area contributed by atoms with E-state index in [1.807, 2.05) is 0 Å². The lowest BCUT2D eigenvalue weighted by atomic mass is 9.94. The third-order valence-corrected chi connectivity index (χ3v) is 6.71. The first kappa shape index (κ1) is 30.5. The van der Waals surface area contributed by atoms with Crippen molar-refractivity contribution in [1.29, 1.82) is 0 Å². The molecule has 37 heavy (non-hydrogen) atoms. The predicted octanol–water partition coefficient (Wildman–Crippen LogP) is 5.51. The molecule has 0 aliphatic heterocycles. The molecule has 1 fully saturated rings. The molecule has 0 bridgehead atoms. The van der Waals surface area contributed by atoms with Crippen LogP contribution >= 0.6 is 0 Å². The van der Waals surface area contributed by atoms with E-state index in [1.165, 1.54) is 4.90 Å². The number of phenols is 1. The molecule has 1 aliphatic carbocycles. The van der Waals surface area contributed by atoms with Crippen molar-refractivity contribution >= 4 is 17.9 Å². The van der Waals surface area contributed by atoms with Crippen LogP contribution in [-0.4, -0.2) is 52.1 Å². The van der Waals surface area contributed by atoms with Gasteiger partial charge in [0.15, 0.2) is 0 Å². The number of benzene rings is 1. The standard InChI is InChI=1S/C29H47N3O5/c1-7-8-9-13-19-32(27(35)21(3)30-28(36)37-29(4,5)6)24(23-18-14-15-20(2)25(23)33)26(34)31-22-16-11-10-12-17-22/h14-15,18,21-22,24,33H,7-13,16-17,19H2,1-6H3,(H,30,36)(H,31,34).